The van der Waals surface area contributed by atoms with Crippen molar-refractivity contribution in [2.45, 2.75) is 32.8 Å². The van der Waals surface area contributed by atoms with E-state index in [-0.39, 0.29) is 12.0 Å². The summed E-state index contributed by atoms with van der Waals surface area (Å²) in [5.74, 6) is 0.707. The Morgan fingerprint density at radius 3 is 2.87 bits per heavy atom. The minimum atomic E-state index is -0.491. The van der Waals surface area contributed by atoms with E-state index >= 15 is 0 Å². The molecule has 0 saturated carbocycles. The highest BCUT2D eigenvalue weighted by molar-refractivity contribution is 5.68. The van der Waals surface area contributed by atoms with Gasteiger partial charge in [-0.1, -0.05) is 6.07 Å². The van der Waals surface area contributed by atoms with Crippen LogP contribution in [0.1, 0.15) is 32.8 Å². The summed E-state index contributed by atoms with van der Waals surface area (Å²) in [6, 6.07) is 7.22. The predicted molar refractivity (Wildman–Crippen MR) is 87.0 cm³/mol. The minimum Gasteiger partial charge on any atom is -0.492 e. The number of nitrogens with zero attached hydrogens (tertiary/aromatic N) is 2. The number of amides is 1. The van der Waals surface area contributed by atoms with Crippen molar-refractivity contribution in [3.63, 3.8) is 0 Å². The van der Waals surface area contributed by atoms with Crippen molar-refractivity contribution in [2.24, 2.45) is 5.92 Å². The van der Waals surface area contributed by atoms with Crippen molar-refractivity contribution in [1.29, 1.82) is 5.26 Å². The van der Waals surface area contributed by atoms with Gasteiger partial charge in [-0.25, -0.2) is 4.79 Å². The zero-order chi connectivity index (χ0) is 17.0. The van der Waals surface area contributed by atoms with E-state index in [1.807, 2.05) is 20.8 Å². The topological polar surface area (TPSA) is 88.6 Å². The van der Waals surface area contributed by atoms with E-state index in [0.717, 1.165) is 6.42 Å². The van der Waals surface area contributed by atoms with Crippen LogP contribution in [0, 0.1) is 17.2 Å². The average Bonchev–Trinajstić information content (AvgIpc) is 2.92. The standard InChI is InChI=1S/C17H23N3O3/c1-17(2,3)23-16(21)20-8-7-12(10-20)11-22-15-6-4-5-14(19)13(15)9-18/h4-6,12H,7-8,10-11,19H2,1-3H3. The Morgan fingerprint density at radius 2 is 2.22 bits per heavy atom. The van der Waals surface area contributed by atoms with E-state index in [4.69, 9.17) is 20.5 Å². The molecule has 1 heterocycles. The van der Waals surface area contributed by atoms with E-state index in [2.05, 4.69) is 6.07 Å². The van der Waals surface area contributed by atoms with E-state index in [1.54, 1.807) is 23.1 Å². The van der Waals surface area contributed by atoms with Crippen LogP contribution in [0.5, 0.6) is 5.75 Å². The largest absolute Gasteiger partial charge is 0.492 e. The summed E-state index contributed by atoms with van der Waals surface area (Å²) in [6.07, 6.45) is 0.561. The molecule has 6 heteroatoms. The number of rotatable bonds is 3. The molecule has 0 aliphatic carbocycles. The molecule has 1 aliphatic heterocycles. The number of anilines is 1. The molecule has 2 rings (SSSR count). The maximum atomic E-state index is 12.0. The number of carbonyl (C=O) groups excluding carboxylic acids is 1. The number of nitriles is 1. The first kappa shape index (κ1) is 16.9. The van der Waals surface area contributed by atoms with Crippen molar-refractivity contribution in [3.05, 3.63) is 23.8 Å². The minimum absolute atomic E-state index is 0.218. The maximum Gasteiger partial charge on any atom is 0.410 e. The Kier molecular flexibility index (Phi) is 4.99. The molecule has 1 atom stereocenters. The molecule has 1 amide bonds. The normalized spacial score (nSPS) is 17.7. The van der Waals surface area contributed by atoms with Gasteiger partial charge in [0.1, 0.15) is 23.0 Å². The Balaban J connectivity index is 1.89. The summed E-state index contributed by atoms with van der Waals surface area (Å²) in [6.45, 7) is 7.25. The number of benzene rings is 1. The van der Waals surface area contributed by atoms with Gasteiger partial charge < -0.3 is 20.1 Å². The Hall–Kier alpha value is -2.42. The monoisotopic (exact) mass is 317 g/mol. The first-order chi connectivity index (χ1) is 10.8. The smallest absolute Gasteiger partial charge is 0.410 e. The molecule has 2 N–H and O–H groups in total. The first-order valence-electron chi connectivity index (χ1n) is 7.69. The third-order valence-corrected chi connectivity index (χ3v) is 3.58. The van der Waals surface area contributed by atoms with Gasteiger partial charge in [0.2, 0.25) is 0 Å². The molecule has 1 fully saturated rings. The zero-order valence-electron chi connectivity index (χ0n) is 13.8. The van der Waals surface area contributed by atoms with Crippen molar-refractivity contribution in [2.75, 3.05) is 25.4 Å². The number of hydrogen-bond donors (Lipinski definition) is 1. The molecular weight excluding hydrogens is 294 g/mol. The molecule has 0 radical (unpaired) electrons. The van der Waals surface area contributed by atoms with Crippen molar-refractivity contribution in [1.82, 2.24) is 4.90 Å². The second-order valence-corrected chi connectivity index (χ2v) is 6.72. The van der Waals surface area contributed by atoms with E-state index in [9.17, 15) is 4.79 Å². The third kappa shape index (κ3) is 4.52. The van der Waals surface area contributed by atoms with Crippen molar-refractivity contribution in [3.8, 4) is 11.8 Å². The van der Waals surface area contributed by atoms with Crippen molar-refractivity contribution >= 4 is 11.8 Å². The van der Waals surface area contributed by atoms with Gasteiger partial charge in [-0.05, 0) is 39.3 Å². The van der Waals surface area contributed by atoms with Gasteiger partial charge in [0, 0.05) is 19.0 Å². The Morgan fingerprint density at radius 1 is 1.48 bits per heavy atom. The quantitative estimate of drug-likeness (QED) is 0.866. The van der Waals surface area contributed by atoms with Gasteiger partial charge in [0.05, 0.1) is 12.3 Å². The van der Waals surface area contributed by atoms with Crippen LogP contribution >= 0.6 is 0 Å². The summed E-state index contributed by atoms with van der Waals surface area (Å²) in [5, 5.41) is 9.13. The van der Waals surface area contributed by atoms with E-state index < -0.39 is 5.60 Å². The van der Waals surface area contributed by atoms with E-state index in [1.165, 1.54) is 0 Å². The molecule has 124 valence electrons. The Bertz CT molecular complexity index is 616. The number of nitrogen functional groups attached to an aromatic ring is 1. The molecule has 1 unspecified atom stereocenters. The fourth-order valence-electron chi connectivity index (χ4n) is 2.46. The number of ether oxygens (including phenoxy) is 2. The molecule has 0 aromatic heterocycles. The molecule has 1 aromatic rings. The highest BCUT2D eigenvalue weighted by atomic mass is 16.6. The Labute approximate surface area is 136 Å². The SMILES string of the molecule is CC(C)(C)OC(=O)N1CCC(COc2cccc(N)c2C#N)C1. The average molecular weight is 317 g/mol. The number of nitrogens with two attached hydrogens (primary N) is 1. The summed E-state index contributed by atoms with van der Waals surface area (Å²) in [5.41, 5.74) is 6.04. The second kappa shape index (κ2) is 6.78. The van der Waals surface area contributed by atoms with Gasteiger partial charge in [-0.2, -0.15) is 5.26 Å². The van der Waals surface area contributed by atoms with Crippen LogP contribution in [0.25, 0.3) is 0 Å². The molecule has 0 bridgehead atoms. The van der Waals surface area contributed by atoms with Crippen LogP contribution in [-0.2, 0) is 4.74 Å². The zero-order valence-corrected chi connectivity index (χ0v) is 13.8. The molecule has 6 nitrogen and oxygen atoms in total. The predicted octanol–water partition coefficient (Wildman–Crippen LogP) is 2.78. The first-order valence-corrected chi connectivity index (χ1v) is 7.69. The van der Waals surface area contributed by atoms with Crippen LogP contribution < -0.4 is 10.5 Å². The maximum absolute atomic E-state index is 12.0. The highest BCUT2D eigenvalue weighted by Crippen LogP contribution is 2.25. The molecule has 1 aromatic carbocycles. The van der Waals surface area contributed by atoms with Crippen LogP contribution in [0.3, 0.4) is 0 Å². The van der Waals surface area contributed by atoms with Crippen LogP contribution in [0.2, 0.25) is 0 Å². The lowest BCUT2D eigenvalue weighted by atomic mass is 10.1. The fraction of sp³-hybridized carbons (Fsp3) is 0.529. The second-order valence-electron chi connectivity index (χ2n) is 6.72. The van der Waals surface area contributed by atoms with Gasteiger partial charge in [0.25, 0.3) is 0 Å². The summed E-state index contributed by atoms with van der Waals surface area (Å²) < 4.78 is 11.1. The van der Waals surface area contributed by atoms with Crippen LogP contribution in [-0.4, -0.2) is 36.3 Å². The summed E-state index contributed by atoms with van der Waals surface area (Å²) in [7, 11) is 0. The fourth-order valence-corrected chi connectivity index (χ4v) is 2.46. The lowest BCUT2D eigenvalue weighted by Crippen LogP contribution is -2.35. The van der Waals surface area contributed by atoms with Gasteiger partial charge in [-0.3, -0.25) is 0 Å². The van der Waals surface area contributed by atoms with E-state index in [0.29, 0.717) is 36.7 Å². The highest BCUT2D eigenvalue weighted by Gasteiger charge is 2.30. The van der Waals surface area contributed by atoms with Crippen LogP contribution in [0.15, 0.2) is 18.2 Å². The molecule has 1 saturated heterocycles. The number of carbonyl (C=O) groups is 1. The lowest BCUT2D eigenvalue weighted by molar-refractivity contribution is 0.0285. The van der Waals surface area contributed by atoms with Gasteiger partial charge in [-0.15, -0.1) is 0 Å². The lowest BCUT2D eigenvalue weighted by Gasteiger charge is -2.24. The molecular formula is C17H23N3O3. The van der Waals surface area contributed by atoms with Crippen LogP contribution in [0.4, 0.5) is 10.5 Å². The molecule has 23 heavy (non-hydrogen) atoms. The summed E-state index contributed by atoms with van der Waals surface area (Å²) >= 11 is 0. The third-order valence-electron chi connectivity index (χ3n) is 3.58. The van der Waals surface area contributed by atoms with Crippen molar-refractivity contribution < 1.29 is 14.3 Å². The molecule has 0 spiro atoms. The summed E-state index contributed by atoms with van der Waals surface area (Å²) in [4.78, 5) is 13.7. The number of hydrogen-bond acceptors (Lipinski definition) is 5. The van der Waals surface area contributed by atoms with Gasteiger partial charge >= 0.3 is 6.09 Å². The molecule has 1 aliphatic rings. The number of likely N-dealkylation sites (tertiary alicyclic amines) is 1. The van der Waals surface area contributed by atoms with Gasteiger partial charge in [0.15, 0.2) is 0 Å².